The predicted molar refractivity (Wildman–Crippen MR) is 64.0 cm³/mol. The first-order valence-electron chi connectivity index (χ1n) is 4.85. The van der Waals surface area contributed by atoms with Crippen LogP contribution in [-0.4, -0.2) is 19.7 Å². The summed E-state index contributed by atoms with van der Waals surface area (Å²) in [6.07, 6.45) is 3.39. The van der Waals surface area contributed by atoms with Crippen molar-refractivity contribution in [2.24, 2.45) is 7.05 Å². The molecule has 0 aliphatic carbocycles. The van der Waals surface area contributed by atoms with Crippen LogP contribution in [0.1, 0.15) is 11.6 Å². The van der Waals surface area contributed by atoms with Crippen LogP contribution in [-0.2, 0) is 12.8 Å². The minimum absolute atomic E-state index is 0.700. The monoisotopic (exact) mass is 235 g/mol. The minimum atomic E-state index is 0.700. The van der Waals surface area contributed by atoms with E-state index in [1.54, 1.807) is 24.2 Å². The van der Waals surface area contributed by atoms with Crippen LogP contribution >= 0.6 is 11.8 Å². The molecule has 2 aromatic rings. The van der Waals surface area contributed by atoms with Crippen LogP contribution in [0.3, 0.4) is 0 Å². The first-order valence-corrected chi connectivity index (χ1v) is 5.84. The molecular formula is C10H13N5S. The second-order valence-electron chi connectivity index (χ2n) is 3.42. The van der Waals surface area contributed by atoms with E-state index in [9.17, 15) is 0 Å². The van der Waals surface area contributed by atoms with Crippen LogP contribution in [0.2, 0.25) is 0 Å². The van der Waals surface area contributed by atoms with Gasteiger partial charge in [-0.15, -0.1) is 22.0 Å². The Hall–Kier alpha value is -1.56. The molecule has 0 atom stereocenters. The summed E-state index contributed by atoms with van der Waals surface area (Å²) in [6, 6.07) is 1.91. The summed E-state index contributed by atoms with van der Waals surface area (Å²) in [7, 11) is 1.96. The molecule has 0 bridgehead atoms. The maximum atomic E-state index is 5.80. The minimum Gasteiger partial charge on any atom is -0.397 e. The smallest absolute Gasteiger partial charge is 0.143 e. The average molecular weight is 235 g/mol. The van der Waals surface area contributed by atoms with Crippen molar-refractivity contribution in [1.82, 2.24) is 19.7 Å². The fraction of sp³-hybridized carbons (Fsp3) is 0.300. The quantitative estimate of drug-likeness (QED) is 0.814. The number of anilines is 1. The zero-order valence-electron chi connectivity index (χ0n) is 9.21. The van der Waals surface area contributed by atoms with Gasteiger partial charge in [-0.3, -0.25) is 4.98 Å². The van der Waals surface area contributed by atoms with Crippen LogP contribution in [0.4, 0.5) is 5.69 Å². The zero-order valence-corrected chi connectivity index (χ0v) is 10.0. The Kier molecular flexibility index (Phi) is 3.09. The fourth-order valence-corrected chi connectivity index (χ4v) is 2.16. The second-order valence-corrected chi connectivity index (χ2v) is 4.44. The molecule has 2 rings (SSSR count). The number of hydrogen-bond donors (Lipinski definition) is 1. The molecule has 6 heteroatoms. The van der Waals surface area contributed by atoms with Crippen LogP contribution < -0.4 is 5.73 Å². The van der Waals surface area contributed by atoms with Gasteiger partial charge in [0.15, 0.2) is 0 Å². The summed E-state index contributed by atoms with van der Waals surface area (Å²) >= 11 is 1.64. The van der Waals surface area contributed by atoms with E-state index in [2.05, 4.69) is 15.2 Å². The van der Waals surface area contributed by atoms with Gasteiger partial charge in [-0.05, 0) is 13.0 Å². The normalized spacial score (nSPS) is 10.6. The van der Waals surface area contributed by atoms with Crippen molar-refractivity contribution in [2.75, 3.05) is 5.73 Å². The number of nitrogens with two attached hydrogens (primary N) is 1. The SMILES string of the molecule is Cc1nnc(CSc2ccncc2N)n1C. The highest BCUT2D eigenvalue weighted by Gasteiger charge is 2.06. The van der Waals surface area contributed by atoms with Crippen molar-refractivity contribution < 1.29 is 0 Å². The lowest BCUT2D eigenvalue weighted by Crippen LogP contribution is -1.98. The molecule has 0 radical (unpaired) electrons. The van der Waals surface area contributed by atoms with Crippen molar-refractivity contribution in [3.05, 3.63) is 30.1 Å². The van der Waals surface area contributed by atoms with Gasteiger partial charge in [-0.2, -0.15) is 0 Å². The average Bonchev–Trinajstić information content (AvgIpc) is 2.59. The lowest BCUT2D eigenvalue weighted by Gasteiger charge is -2.04. The van der Waals surface area contributed by atoms with Gasteiger partial charge in [0.2, 0.25) is 0 Å². The third-order valence-electron chi connectivity index (χ3n) is 2.35. The Morgan fingerprint density at radius 1 is 1.44 bits per heavy atom. The predicted octanol–water partition coefficient (Wildman–Crippen LogP) is 1.39. The molecule has 84 valence electrons. The Morgan fingerprint density at radius 2 is 2.25 bits per heavy atom. The maximum Gasteiger partial charge on any atom is 0.143 e. The van der Waals surface area contributed by atoms with Crippen LogP contribution in [0.15, 0.2) is 23.4 Å². The van der Waals surface area contributed by atoms with Gasteiger partial charge < -0.3 is 10.3 Å². The van der Waals surface area contributed by atoms with Crippen molar-refractivity contribution in [1.29, 1.82) is 0 Å². The Morgan fingerprint density at radius 3 is 2.88 bits per heavy atom. The molecule has 2 heterocycles. The van der Waals surface area contributed by atoms with Gasteiger partial charge in [0.25, 0.3) is 0 Å². The molecule has 2 N–H and O–H groups in total. The van der Waals surface area contributed by atoms with Gasteiger partial charge in [-0.25, -0.2) is 0 Å². The highest BCUT2D eigenvalue weighted by Crippen LogP contribution is 2.26. The second kappa shape index (κ2) is 4.52. The van der Waals surface area contributed by atoms with E-state index in [-0.39, 0.29) is 0 Å². The van der Waals surface area contributed by atoms with Crippen LogP contribution in [0, 0.1) is 6.92 Å². The molecule has 0 aromatic carbocycles. The highest BCUT2D eigenvalue weighted by molar-refractivity contribution is 7.98. The van der Waals surface area contributed by atoms with Gasteiger partial charge in [0.1, 0.15) is 11.6 Å². The van der Waals surface area contributed by atoms with E-state index in [1.807, 2.05) is 24.6 Å². The first kappa shape index (κ1) is 10.9. The summed E-state index contributed by atoms with van der Waals surface area (Å²) in [5.74, 6) is 2.61. The van der Waals surface area contributed by atoms with E-state index >= 15 is 0 Å². The van der Waals surface area contributed by atoms with Gasteiger partial charge >= 0.3 is 0 Å². The summed E-state index contributed by atoms with van der Waals surface area (Å²) < 4.78 is 1.98. The number of aryl methyl sites for hydroxylation is 1. The molecule has 0 saturated heterocycles. The number of rotatable bonds is 3. The molecule has 5 nitrogen and oxygen atoms in total. The third kappa shape index (κ3) is 2.16. The number of aromatic nitrogens is 4. The number of nitrogens with zero attached hydrogens (tertiary/aromatic N) is 4. The van der Waals surface area contributed by atoms with Crippen molar-refractivity contribution in [2.45, 2.75) is 17.6 Å². The lowest BCUT2D eigenvalue weighted by atomic mass is 10.4. The standard InChI is InChI=1S/C10H13N5S/c1-7-13-14-10(15(7)2)6-16-9-3-4-12-5-8(9)11/h3-5H,6,11H2,1-2H3. The summed E-state index contributed by atoms with van der Waals surface area (Å²) in [4.78, 5) is 4.97. The van der Waals surface area contributed by atoms with Gasteiger partial charge in [-0.1, -0.05) is 0 Å². The molecule has 0 fully saturated rings. The van der Waals surface area contributed by atoms with Crippen molar-refractivity contribution in [3.8, 4) is 0 Å². The molecule has 16 heavy (non-hydrogen) atoms. The lowest BCUT2D eigenvalue weighted by molar-refractivity contribution is 0.817. The van der Waals surface area contributed by atoms with Gasteiger partial charge in [0, 0.05) is 18.1 Å². The Bertz CT molecular complexity index is 494. The number of thioether (sulfide) groups is 1. The maximum absolute atomic E-state index is 5.80. The molecule has 0 saturated carbocycles. The number of hydrogen-bond acceptors (Lipinski definition) is 5. The largest absolute Gasteiger partial charge is 0.397 e. The molecule has 0 aliphatic rings. The molecular weight excluding hydrogens is 222 g/mol. The summed E-state index contributed by atoms with van der Waals surface area (Å²) in [6.45, 7) is 1.93. The summed E-state index contributed by atoms with van der Waals surface area (Å²) in [5.41, 5.74) is 6.50. The molecule has 2 aromatic heterocycles. The van der Waals surface area contributed by atoms with E-state index in [4.69, 9.17) is 5.73 Å². The zero-order chi connectivity index (χ0) is 11.5. The highest BCUT2D eigenvalue weighted by atomic mass is 32.2. The van der Waals surface area contributed by atoms with E-state index in [0.29, 0.717) is 5.69 Å². The van der Waals surface area contributed by atoms with Gasteiger partial charge in [0.05, 0.1) is 17.6 Å². The van der Waals surface area contributed by atoms with Crippen LogP contribution in [0.25, 0.3) is 0 Å². The van der Waals surface area contributed by atoms with Crippen molar-refractivity contribution >= 4 is 17.4 Å². The van der Waals surface area contributed by atoms with E-state index in [0.717, 1.165) is 22.3 Å². The van der Waals surface area contributed by atoms with Crippen LogP contribution in [0.5, 0.6) is 0 Å². The Balaban J connectivity index is 2.08. The van der Waals surface area contributed by atoms with Crippen molar-refractivity contribution in [3.63, 3.8) is 0 Å². The summed E-state index contributed by atoms with van der Waals surface area (Å²) in [5, 5.41) is 8.10. The Labute approximate surface area is 98.1 Å². The number of nitrogen functional groups attached to an aromatic ring is 1. The fourth-order valence-electron chi connectivity index (χ4n) is 1.24. The van der Waals surface area contributed by atoms with E-state index < -0.39 is 0 Å². The third-order valence-corrected chi connectivity index (χ3v) is 3.43. The molecule has 0 unspecified atom stereocenters. The molecule has 0 spiro atoms. The molecule has 0 amide bonds. The topological polar surface area (TPSA) is 69.6 Å². The molecule has 0 aliphatic heterocycles. The first-order chi connectivity index (χ1) is 7.68. The number of pyridine rings is 1. The van der Waals surface area contributed by atoms with E-state index in [1.165, 1.54) is 0 Å².